The maximum absolute atomic E-state index is 15.0. The van der Waals surface area contributed by atoms with Gasteiger partial charge in [-0.2, -0.15) is 0 Å². The van der Waals surface area contributed by atoms with E-state index in [1.807, 2.05) is 0 Å². The molecule has 200 valence electrons. The van der Waals surface area contributed by atoms with Crippen molar-refractivity contribution in [2.45, 2.75) is 32.9 Å². The second-order valence-corrected chi connectivity index (χ2v) is 9.18. The van der Waals surface area contributed by atoms with E-state index in [4.69, 9.17) is 4.74 Å². The van der Waals surface area contributed by atoms with Gasteiger partial charge >= 0.3 is 5.69 Å². The number of nitrogens with one attached hydrogen (secondary N) is 2. The van der Waals surface area contributed by atoms with Crippen LogP contribution in [0.3, 0.4) is 0 Å². The number of hydrogen-bond acceptors (Lipinski definition) is 7. The highest BCUT2D eigenvalue weighted by Gasteiger charge is 2.21. The molecule has 0 atom stereocenters. The predicted molar refractivity (Wildman–Crippen MR) is 139 cm³/mol. The minimum absolute atomic E-state index is 0.0637. The summed E-state index contributed by atoms with van der Waals surface area (Å²) in [7, 11) is 0. The Labute approximate surface area is 220 Å². The van der Waals surface area contributed by atoms with Gasteiger partial charge in [0, 0.05) is 36.1 Å². The van der Waals surface area contributed by atoms with E-state index in [2.05, 4.69) is 20.6 Å². The summed E-state index contributed by atoms with van der Waals surface area (Å²) in [4.78, 5) is 47.7. The molecule has 0 fully saturated rings. The molecule has 12 heteroatoms. The molecule has 2 aromatic heterocycles. The number of fused-ring (bicyclic) bond motifs is 1. The molecule has 2 N–H and O–H groups in total. The summed E-state index contributed by atoms with van der Waals surface area (Å²) < 4.78 is 36.1. The first-order valence-electron chi connectivity index (χ1n) is 12.2. The van der Waals surface area contributed by atoms with E-state index in [0.717, 1.165) is 46.8 Å². The molecule has 2 aromatic carbocycles. The van der Waals surface area contributed by atoms with Gasteiger partial charge in [0.25, 0.3) is 11.5 Å². The number of carbonyl (C=O) groups excluding carboxylic acids is 1. The van der Waals surface area contributed by atoms with Crippen LogP contribution in [0.15, 0.2) is 64.6 Å². The number of rotatable bonds is 6. The van der Waals surface area contributed by atoms with Gasteiger partial charge in [-0.15, -0.1) is 0 Å². The number of nitrogens with zero attached hydrogens (tertiary/aromatic N) is 4. The Morgan fingerprint density at radius 2 is 1.87 bits per heavy atom. The fourth-order valence-corrected chi connectivity index (χ4v) is 4.22. The summed E-state index contributed by atoms with van der Waals surface area (Å²) in [5.41, 5.74) is -0.192. The third-order valence-corrected chi connectivity index (χ3v) is 6.24. The van der Waals surface area contributed by atoms with Crippen molar-refractivity contribution in [3.63, 3.8) is 0 Å². The van der Waals surface area contributed by atoms with E-state index >= 15 is 0 Å². The zero-order chi connectivity index (χ0) is 27.7. The van der Waals surface area contributed by atoms with Crippen molar-refractivity contribution in [3.05, 3.63) is 104 Å². The highest BCUT2D eigenvalue weighted by atomic mass is 19.1. The lowest BCUT2D eigenvalue weighted by molar-refractivity contribution is 0.102. The minimum Gasteiger partial charge on any atom is -0.436 e. The maximum Gasteiger partial charge on any atom is 0.335 e. The van der Waals surface area contributed by atoms with Crippen LogP contribution in [0, 0.1) is 11.6 Å². The summed E-state index contributed by atoms with van der Waals surface area (Å²) in [6.45, 7) is 4.70. The van der Waals surface area contributed by atoms with E-state index < -0.39 is 34.8 Å². The molecule has 10 nitrogen and oxygen atoms in total. The van der Waals surface area contributed by atoms with E-state index in [9.17, 15) is 23.2 Å². The zero-order valence-corrected chi connectivity index (χ0v) is 21.1. The molecular weight excluding hydrogens is 510 g/mol. The van der Waals surface area contributed by atoms with Gasteiger partial charge in [0.1, 0.15) is 17.7 Å². The molecule has 1 aliphatic rings. The van der Waals surface area contributed by atoms with Crippen LogP contribution in [0.2, 0.25) is 0 Å². The molecule has 0 saturated heterocycles. The Bertz CT molecular complexity index is 1680. The number of anilines is 1. The number of amides is 1. The highest BCUT2D eigenvalue weighted by molar-refractivity contribution is 6.03. The van der Waals surface area contributed by atoms with Gasteiger partial charge in [0.2, 0.25) is 5.88 Å². The molecule has 0 spiro atoms. The number of hydrogen-bond donors (Lipinski definition) is 2. The van der Waals surface area contributed by atoms with E-state index in [-0.39, 0.29) is 28.6 Å². The van der Waals surface area contributed by atoms with E-state index in [0.29, 0.717) is 13.0 Å². The van der Waals surface area contributed by atoms with Crippen LogP contribution in [0.25, 0.3) is 5.69 Å². The summed E-state index contributed by atoms with van der Waals surface area (Å²) in [6.07, 6.45) is 3.14. The molecule has 1 amide bonds. The van der Waals surface area contributed by atoms with Gasteiger partial charge in [-0.25, -0.2) is 28.1 Å². The van der Waals surface area contributed by atoms with Crippen LogP contribution in [-0.4, -0.2) is 31.6 Å². The second kappa shape index (κ2) is 10.6. The number of ether oxygens (including phenoxy) is 1. The molecule has 0 radical (unpaired) electrons. The fraction of sp³-hybridized carbons (Fsp3) is 0.222. The third-order valence-electron chi connectivity index (χ3n) is 6.24. The Morgan fingerprint density at radius 1 is 1.10 bits per heavy atom. The van der Waals surface area contributed by atoms with Gasteiger partial charge in [-0.05, 0) is 63.2 Å². The lowest BCUT2D eigenvalue weighted by Crippen LogP contribution is -2.42. The lowest BCUT2D eigenvalue weighted by atomic mass is 10.1. The van der Waals surface area contributed by atoms with Crippen molar-refractivity contribution in [1.82, 2.24) is 24.4 Å². The molecule has 0 unspecified atom stereocenters. The topological polar surface area (TPSA) is 120 Å². The molecule has 0 aliphatic carbocycles. The average Bonchev–Trinajstić information content (AvgIpc) is 2.91. The van der Waals surface area contributed by atoms with E-state index in [1.165, 1.54) is 35.2 Å². The average molecular weight is 535 g/mol. The monoisotopic (exact) mass is 534 g/mol. The van der Waals surface area contributed by atoms with Crippen molar-refractivity contribution in [1.29, 1.82) is 0 Å². The van der Waals surface area contributed by atoms with Gasteiger partial charge < -0.3 is 15.4 Å². The summed E-state index contributed by atoms with van der Waals surface area (Å²) in [5, 5.41) is 5.69. The van der Waals surface area contributed by atoms with Crippen LogP contribution in [0.5, 0.6) is 11.6 Å². The third kappa shape index (κ3) is 5.18. The van der Waals surface area contributed by atoms with Crippen molar-refractivity contribution < 1.29 is 18.3 Å². The molecule has 39 heavy (non-hydrogen) atoms. The SMILES string of the molecule is CC(C)n1cc(C(=O)Nc2ccc(Oc3ncnc4c3CCNC4)c(F)c2)c(=O)n(-c2ccc(F)cc2)c1=O. The van der Waals surface area contributed by atoms with Crippen LogP contribution >= 0.6 is 0 Å². The van der Waals surface area contributed by atoms with Crippen molar-refractivity contribution in [2.24, 2.45) is 0 Å². The number of carbonyl (C=O) groups is 1. The second-order valence-electron chi connectivity index (χ2n) is 9.18. The van der Waals surface area contributed by atoms with Crippen LogP contribution < -0.4 is 26.6 Å². The first kappa shape index (κ1) is 25.9. The molecule has 4 aromatic rings. The Balaban J connectivity index is 1.44. The van der Waals surface area contributed by atoms with E-state index in [1.54, 1.807) is 13.8 Å². The molecule has 1 aliphatic heterocycles. The molecule has 5 rings (SSSR count). The standard InChI is InChI=1S/C27H24F2N6O4/c1-15(2)34-13-20(26(37)35(27(34)38)18-6-3-16(28)4-7-18)24(36)33-17-5-8-23(21(29)11-17)39-25-19-9-10-30-12-22(19)31-14-32-25/h3-8,11,13-15,30H,9-10,12H2,1-2H3,(H,33,36). The smallest absolute Gasteiger partial charge is 0.335 e. The Morgan fingerprint density at radius 3 is 2.59 bits per heavy atom. The Kier molecular flexibility index (Phi) is 7.03. The normalized spacial score (nSPS) is 12.7. The van der Waals surface area contributed by atoms with Crippen molar-refractivity contribution in [2.75, 3.05) is 11.9 Å². The molecule has 3 heterocycles. The van der Waals surface area contributed by atoms with Gasteiger partial charge in [0.15, 0.2) is 11.6 Å². The number of aromatic nitrogens is 4. The highest BCUT2D eigenvalue weighted by Crippen LogP contribution is 2.29. The quantitative estimate of drug-likeness (QED) is 0.389. The number of halogens is 2. The van der Waals surface area contributed by atoms with Gasteiger partial charge in [-0.3, -0.25) is 14.2 Å². The fourth-order valence-electron chi connectivity index (χ4n) is 4.22. The number of benzene rings is 2. The lowest BCUT2D eigenvalue weighted by Gasteiger charge is -2.18. The first-order valence-corrected chi connectivity index (χ1v) is 12.2. The molecule has 0 bridgehead atoms. The predicted octanol–water partition coefficient (Wildman–Crippen LogP) is 3.34. The van der Waals surface area contributed by atoms with Crippen LogP contribution in [0.4, 0.5) is 14.5 Å². The zero-order valence-electron chi connectivity index (χ0n) is 21.1. The summed E-state index contributed by atoms with van der Waals surface area (Å²) in [5.74, 6) is -1.99. The van der Waals surface area contributed by atoms with Gasteiger partial charge in [-0.1, -0.05) is 0 Å². The molecule has 0 saturated carbocycles. The van der Waals surface area contributed by atoms with Crippen LogP contribution in [0.1, 0.15) is 41.5 Å². The maximum atomic E-state index is 15.0. The molecular formula is C27H24F2N6O4. The summed E-state index contributed by atoms with van der Waals surface area (Å²) in [6, 6.07) is 8.17. The van der Waals surface area contributed by atoms with Crippen LogP contribution in [-0.2, 0) is 13.0 Å². The van der Waals surface area contributed by atoms with Crippen molar-refractivity contribution in [3.8, 4) is 17.3 Å². The van der Waals surface area contributed by atoms with Crippen molar-refractivity contribution >= 4 is 11.6 Å². The summed E-state index contributed by atoms with van der Waals surface area (Å²) >= 11 is 0. The largest absolute Gasteiger partial charge is 0.436 e. The van der Waals surface area contributed by atoms with Gasteiger partial charge in [0.05, 0.1) is 11.4 Å². The minimum atomic E-state index is -0.899. The Hall–Kier alpha value is -4.71. The first-order chi connectivity index (χ1) is 18.7.